The lowest BCUT2D eigenvalue weighted by atomic mass is 10.0. The fourth-order valence-corrected chi connectivity index (χ4v) is 2.04. The smallest absolute Gasteiger partial charge is 0.300 e. The number of nitrogens with one attached hydrogen (secondary N) is 1. The molecule has 0 rings (SSSR count). The third-order valence-corrected chi connectivity index (χ3v) is 3.27. The minimum absolute atomic E-state index is 0.778. The summed E-state index contributed by atoms with van der Waals surface area (Å²) in [6.07, 6.45) is 10.3. The highest BCUT2D eigenvalue weighted by Gasteiger charge is 1.95. The Bertz CT molecular complexity index is 293. The van der Waals surface area contributed by atoms with Crippen molar-refractivity contribution in [3.8, 4) is 0 Å². The van der Waals surface area contributed by atoms with Crippen LogP contribution in [0.5, 0.6) is 0 Å². The molecule has 0 amide bonds. The van der Waals surface area contributed by atoms with Crippen LogP contribution >= 0.6 is 0 Å². The van der Waals surface area contributed by atoms with Gasteiger partial charge in [-0.25, -0.2) is 0 Å². The molecule has 0 bridgehead atoms. The predicted molar refractivity (Wildman–Crippen MR) is 111 cm³/mol. The van der Waals surface area contributed by atoms with E-state index in [0.29, 0.717) is 0 Å². The second-order valence-corrected chi connectivity index (χ2v) is 6.85. The lowest BCUT2D eigenvalue weighted by molar-refractivity contribution is -0.135. The van der Waals surface area contributed by atoms with Gasteiger partial charge in [-0.15, -0.1) is 0 Å². The zero-order valence-electron chi connectivity index (χ0n) is 18.0. The molecule has 27 heavy (non-hydrogen) atoms. The van der Waals surface area contributed by atoms with E-state index in [-0.39, 0.29) is 0 Å². The van der Waals surface area contributed by atoms with Crippen LogP contribution in [0.4, 0.5) is 0 Å². The number of carboxylic acid groups (broad SMARTS) is 2. The summed E-state index contributed by atoms with van der Waals surface area (Å²) in [6.45, 7) is 11.5. The maximum atomic E-state index is 9.00. The third-order valence-electron chi connectivity index (χ3n) is 3.27. The van der Waals surface area contributed by atoms with Gasteiger partial charge in [0.05, 0.1) is 0 Å². The molecule has 0 atom stereocenters. The monoisotopic (exact) mass is 392 g/mol. The van der Waals surface area contributed by atoms with Gasteiger partial charge in [0.15, 0.2) is 0 Å². The molecule has 0 aliphatic carbocycles. The summed E-state index contributed by atoms with van der Waals surface area (Å²) in [5.74, 6) is -0.804. The highest BCUT2D eigenvalue weighted by atomic mass is 16.5. The summed E-state index contributed by atoms with van der Waals surface area (Å²) in [6, 6.07) is 0. The summed E-state index contributed by atoms with van der Waals surface area (Å²) in [4.78, 5) is 18.0. The molecular formula is C20H44N2O5. The van der Waals surface area contributed by atoms with Crippen LogP contribution in [0.1, 0.15) is 79.1 Å². The highest BCUT2D eigenvalue weighted by molar-refractivity contribution is 5.63. The second-order valence-electron chi connectivity index (χ2n) is 6.85. The van der Waals surface area contributed by atoms with Gasteiger partial charge < -0.3 is 26.0 Å². The third kappa shape index (κ3) is 58.8. The van der Waals surface area contributed by atoms with Crippen molar-refractivity contribution >= 4 is 11.9 Å². The molecule has 7 nitrogen and oxygen atoms in total. The zero-order chi connectivity index (χ0) is 21.3. The van der Waals surface area contributed by atoms with Gasteiger partial charge in [-0.1, -0.05) is 46.0 Å². The van der Waals surface area contributed by atoms with Crippen molar-refractivity contribution in [2.75, 3.05) is 32.8 Å². The van der Waals surface area contributed by atoms with E-state index in [4.69, 9.17) is 30.3 Å². The van der Waals surface area contributed by atoms with Crippen molar-refractivity contribution in [2.24, 2.45) is 11.7 Å². The van der Waals surface area contributed by atoms with Gasteiger partial charge in [0.25, 0.3) is 11.9 Å². The average Bonchev–Trinajstić information content (AvgIpc) is 2.54. The molecule has 0 aliphatic heterocycles. The summed E-state index contributed by atoms with van der Waals surface area (Å²) in [5.41, 5.74) is 5.42. The molecule has 0 aromatic rings. The van der Waals surface area contributed by atoms with E-state index in [1.54, 1.807) is 0 Å². The molecule has 0 aliphatic rings. The Balaban J connectivity index is -0.000000603. The second kappa shape index (κ2) is 27.0. The van der Waals surface area contributed by atoms with Crippen molar-refractivity contribution in [1.82, 2.24) is 5.32 Å². The van der Waals surface area contributed by atoms with E-state index in [2.05, 4.69) is 19.2 Å². The molecule has 0 fully saturated rings. The number of hydrogen-bond donors (Lipinski definition) is 4. The number of hydrogen-bond acceptors (Lipinski definition) is 5. The summed E-state index contributed by atoms with van der Waals surface area (Å²) >= 11 is 0. The van der Waals surface area contributed by atoms with Crippen LogP contribution in [-0.4, -0.2) is 55.0 Å². The molecule has 0 unspecified atom stereocenters. The van der Waals surface area contributed by atoms with Crippen LogP contribution in [0.3, 0.4) is 0 Å². The Kier molecular flexibility index (Phi) is 30.6. The van der Waals surface area contributed by atoms with Crippen LogP contribution in [0.25, 0.3) is 0 Å². The SMILES string of the molecule is CC(=O)O.CC(=O)O.CC(C)CCCCCCCOCCCNCCCN. The van der Waals surface area contributed by atoms with Gasteiger partial charge in [-0.3, -0.25) is 9.59 Å². The molecule has 164 valence electrons. The lowest BCUT2D eigenvalue weighted by Crippen LogP contribution is -2.20. The van der Waals surface area contributed by atoms with Crippen LogP contribution in [0.2, 0.25) is 0 Å². The number of rotatable bonds is 15. The first-order valence-corrected chi connectivity index (χ1v) is 10.1. The number of carbonyl (C=O) groups is 2. The van der Waals surface area contributed by atoms with Gasteiger partial charge in [-0.05, 0) is 44.8 Å². The Morgan fingerprint density at radius 1 is 0.852 bits per heavy atom. The topological polar surface area (TPSA) is 122 Å². The Morgan fingerprint density at radius 3 is 1.81 bits per heavy atom. The van der Waals surface area contributed by atoms with Crippen LogP contribution in [0.15, 0.2) is 0 Å². The van der Waals surface area contributed by atoms with Gasteiger partial charge in [0, 0.05) is 27.1 Å². The van der Waals surface area contributed by atoms with E-state index in [1.807, 2.05) is 0 Å². The molecule has 0 radical (unpaired) electrons. The van der Waals surface area contributed by atoms with Crippen molar-refractivity contribution in [1.29, 1.82) is 0 Å². The van der Waals surface area contributed by atoms with Gasteiger partial charge >= 0.3 is 0 Å². The van der Waals surface area contributed by atoms with E-state index in [0.717, 1.165) is 65.5 Å². The fourth-order valence-electron chi connectivity index (χ4n) is 2.04. The van der Waals surface area contributed by atoms with E-state index < -0.39 is 11.9 Å². The molecule has 0 aromatic carbocycles. The van der Waals surface area contributed by atoms with Crippen molar-refractivity contribution < 1.29 is 24.5 Å². The fraction of sp³-hybridized carbons (Fsp3) is 0.900. The molecule has 0 saturated heterocycles. The lowest BCUT2D eigenvalue weighted by Gasteiger charge is -2.06. The first kappa shape index (κ1) is 30.5. The summed E-state index contributed by atoms with van der Waals surface area (Å²) in [5, 5.41) is 18.2. The number of carboxylic acids is 2. The molecule has 0 saturated carbocycles. The van der Waals surface area contributed by atoms with Crippen LogP contribution < -0.4 is 11.1 Å². The normalized spacial score (nSPS) is 9.85. The molecular weight excluding hydrogens is 348 g/mol. The summed E-state index contributed by atoms with van der Waals surface area (Å²) < 4.78 is 5.62. The largest absolute Gasteiger partial charge is 0.481 e. The number of aliphatic carboxylic acids is 2. The van der Waals surface area contributed by atoms with Gasteiger partial charge in [-0.2, -0.15) is 0 Å². The first-order valence-electron chi connectivity index (χ1n) is 10.1. The van der Waals surface area contributed by atoms with Gasteiger partial charge in [0.1, 0.15) is 0 Å². The number of nitrogens with two attached hydrogens (primary N) is 1. The number of ether oxygens (including phenoxy) is 1. The van der Waals surface area contributed by atoms with Crippen molar-refractivity contribution in [2.45, 2.75) is 79.1 Å². The molecule has 0 aromatic heterocycles. The first-order chi connectivity index (χ1) is 12.7. The van der Waals surface area contributed by atoms with Crippen LogP contribution in [0, 0.1) is 5.92 Å². The van der Waals surface area contributed by atoms with Crippen LogP contribution in [-0.2, 0) is 14.3 Å². The van der Waals surface area contributed by atoms with Crippen molar-refractivity contribution in [3.05, 3.63) is 0 Å². The minimum atomic E-state index is -0.833. The maximum absolute atomic E-state index is 9.00. The molecule has 5 N–H and O–H groups in total. The average molecular weight is 393 g/mol. The quantitative estimate of drug-likeness (QED) is 0.315. The standard InChI is InChI=1S/C16H36N2O.2C2H4O2/c1-16(2)10-6-4-3-5-7-14-19-15-9-13-18-12-8-11-17;2*1-2(3)4/h16,18H,3-15,17H2,1-2H3;2*1H3,(H,3,4). The molecule has 7 heteroatoms. The van der Waals surface area contributed by atoms with E-state index in [9.17, 15) is 0 Å². The van der Waals surface area contributed by atoms with E-state index >= 15 is 0 Å². The minimum Gasteiger partial charge on any atom is -0.481 e. The Labute approximate surface area is 166 Å². The number of unbranched alkanes of at least 4 members (excludes halogenated alkanes) is 4. The Hall–Kier alpha value is -1.18. The predicted octanol–water partition coefficient (Wildman–Crippen LogP) is 3.51. The Morgan fingerprint density at radius 2 is 1.30 bits per heavy atom. The maximum Gasteiger partial charge on any atom is 0.300 e. The van der Waals surface area contributed by atoms with Crippen molar-refractivity contribution in [3.63, 3.8) is 0 Å². The van der Waals surface area contributed by atoms with Gasteiger partial charge in [0.2, 0.25) is 0 Å². The molecule has 0 heterocycles. The van der Waals surface area contributed by atoms with E-state index in [1.165, 1.54) is 38.5 Å². The zero-order valence-corrected chi connectivity index (χ0v) is 18.0. The summed E-state index contributed by atoms with van der Waals surface area (Å²) in [7, 11) is 0. The highest BCUT2D eigenvalue weighted by Crippen LogP contribution is 2.10. The molecule has 0 spiro atoms.